The van der Waals surface area contributed by atoms with E-state index in [0.29, 0.717) is 5.56 Å². The molecule has 1 aliphatic carbocycles. The summed E-state index contributed by atoms with van der Waals surface area (Å²) < 4.78 is 5.05. The number of aliphatic imine (C=N–C) groups is 1. The largest absolute Gasteiger partial charge is 0.310 e. The minimum absolute atomic E-state index is 0.170. The van der Waals surface area contributed by atoms with E-state index in [1.54, 1.807) is 0 Å². The monoisotopic (exact) mass is 638 g/mol. The minimum atomic E-state index is 0.170. The van der Waals surface area contributed by atoms with Crippen LogP contribution in [0, 0.1) is 23.2 Å². The first-order chi connectivity index (χ1) is 24.7. The zero-order valence-corrected chi connectivity index (χ0v) is 27.4. The van der Waals surface area contributed by atoms with Crippen LogP contribution in [0.15, 0.2) is 145 Å². The van der Waals surface area contributed by atoms with Crippen LogP contribution in [-0.2, 0) is 0 Å². The van der Waals surface area contributed by atoms with Crippen molar-refractivity contribution in [2.75, 3.05) is 0 Å². The molecule has 9 aromatic rings. The number of benzene rings is 6. The first kappa shape index (κ1) is 27.5. The van der Waals surface area contributed by atoms with Gasteiger partial charge in [0.25, 0.3) is 0 Å². The van der Waals surface area contributed by atoms with Gasteiger partial charge in [0.2, 0.25) is 0 Å². The van der Waals surface area contributed by atoms with Crippen LogP contribution in [0.5, 0.6) is 0 Å². The molecule has 0 radical (unpaired) electrons. The van der Waals surface area contributed by atoms with Crippen molar-refractivity contribution in [1.29, 1.82) is 5.26 Å². The molecule has 0 saturated heterocycles. The SMILES string of the molecule is CCC1C(n2c3ccccc3c3c4c5c6ccccc6ccc5n5c6ccccc6c(cc32)c45)=C(c2ccc(C#N)cc2)N=C2C=CC=CC21. The van der Waals surface area contributed by atoms with Crippen molar-refractivity contribution < 1.29 is 0 Å². The predicted molar refractivity (Wildman–Crippen MR) is 209 cm³/mol. The summed E-state index contributed by atoms with van der Waals surface area (Å²) in [5.74, 6) is 0.357. The summed E-state index contributed by atoms with van der Waals surface area (Å²) >= 11 is 0. The number of aromatic nitrogens is 2. The van der Waals surface area contributed by atoms with Crippen LogP contribution in [0.3, 0.4) is 0 Å². The highest BCUT2D eigenvalue weighted by Gasteiger charge is 2.36. The lowest BCUT2D eigenvalue weighted by molar-refractivity contribution is 0.557. The Morgan fingerprint density at radius 1 is 0.680 bits per heavy atom. The Bertz CT molecular complexity index is 3080. The molecule has 1 aliphatic heterocycles. The molecule has 11 rings (SSSR count). The van der Waals surface area contributed by atoms with E-state index >= 15 is 0 Å². The van der Waals surface area contributed by atoms with Gasteiger partial charge in [0.15, 0.2) is 0 Å². The van der Waals surface area contributed by atoms with E-state index in [2.05, 4.69) is 149 Å². The molecule has 2 aliphatic rings. The van der Waals surface area contributed by atoms with Crippen LogP contribution in [-0.4, -0.2) is 14.7 Å². The summed E-state index contributed by atoms with van der Waals surface area (Å²) in [5, 5.41) is 19.8. The fraction of sp³-hybridized carbons (Fsp3) is 0.0870. The summed E-state index contributed by atoms with van der Waals surface area (Å²) in [6.45, 7) is 2.30. The molecule has 234 valence electrons. The minimum Gasteiger partial charge on any atom is -0.310 e. The molecule has 0 N–H and O–H groups in total. The van der Waals surface area contributed by atoms with Crippen molar-refractivity contribution >= 4 is 87.8 Å². The molecule has 0 saturated carbocycles. The maximum absolute atomic E-state index is 9.63. The normalized spacial score (nSPS) is 17.6. The summed E-state index contributed by atoms with van der Waals surface area (Å²) in [5.41, 5.74) is 11.1. The molecule has 0 amide bonds. The summed E-state index contributed by atoms with van der Waals surface area (Å²) in [4.78, 5) is 5.46. The van der Waals surface area contributed by atoms with E-state index in [0.717, 1.165) is 23.4 Å². The highest BCUT2D eigenvalue weighted by molar-refractivity contribution is 6.39. The van der Waals surface area contributed by atoms with Crippen molar-refractivity contribution in [2.24, 2.45) is 16.8 Å². The molecule has 0 fully saturated rings. The van der Waals surface area contributed by atoms with E-state index in [-0.39, 0.29) is 11.8 Å². The Hall–Kier alpha value is -6.44. The third kappa shape index (κ3) is 3.46. The third-order valence-corrected chi connectivity index (χ3v) is 11.3. The van der Waals surface area contributed by atoms with Gasteiger partial charge in [0.05, 0.1) is 50.6 Å². The summed E-state index contributed by atoms with van der Waals surface area (Å²) in [6.07, 6.45) is 9.71. The number of nitriles is 1. The van der Waals surface area contributed by atoms with Crippen LogP contribution in [0.2, 0.25) is 0 Å². The lowest BCUT2D eigenvalue weighted by atomic mass is 9.78. The van der Waals surface area contributed by atoms with Gasteiger partial charge in [-0.15, -0.1) is 0 Å². The summed E-state index contributed by atoms with van der Waals surface area (Å²) in [7, 11) is 0. The van der Waals surface area contributed by atoms with Gasteiger partial charge in [-0.3, -0.25) is 4.99 Å². The van der Waals surface area contributed by atoms with E-state index in [9.17, 15) is 5.26 Å². The number of hydrogen-bond acceptors (Lipinski definition) is 2. The van der Waals surface area contributed by atoms with Gasteiger partial charge in [0, 0.05) is 55.4 Å². The lowest BCUT2D eigenvalue weighted by Gasteiger charge is -2.34. The second-order valence-corrected chi connectivity index (χ2v) is 13.7. The molecule has 6 aromatic carbocycles. The number of fused-ring (bicyclic) bond motifs is 13. The van der Waals surface area contributed by atoms with Crippen molar-refractivity contribution in [3.63, 3.8) is 0 Å². The fourth-order valence-corrected chi connectivity index (χ4v) is 9.20. The van der Waals surface area contributed by atoms with Crippen molar-refractivity contribution in [3.05, 3.63) is 151 Å². The highest BCUT2D eigenvalue weighted by Crippen LogP contribution is 2.51. The van der Waals surface area contributed by atoms with E-state index in [1.807, 2.05) is 12.1 Å². The molecule has 50 heavy (non-hydrogen) atoms. The van der Waals surface area contributed by atoms with Gasteiger partial charge < -0.3 is 8.97 Å². The van der Waals surface area contributed by atoms with Crippen LogP contribution in [0.4, 0.5) is 0 Å². The van der Waals surface area contributed by atoms with E-state index in [1.165, 1.54) is 76.4 Å². The summed E-state index contributed by atoms with van der Waals surface area (Å²) in [6, 6.07) is 43.9. The Labute approximate surface area is 288 Å². The van der Waals surface area contributed by atoms with Crippen molar-refractivity contribution in [1.82, 2.24) is 8.97 Å². The van der Waals surface area contributed by atoms with Crippen LogP contribution in [0.25, 0.3) is 82.1 Å². The predicted octanol–water partition coefficient (Wildman–Crippen LogP) is 11.5. The lowest BCUT2D eigenvalue weighted by Crippen LogP contribution is -2.29. The number of para-hydroxylation sites is 2. The van der Waals surface area contributed by atoms with Gasteiger partial charge in [-0.1, -0.05) is 104 Å². The molecule has 0 bridgehead atoms. The number of rotatable bonds is 3. The fourth-order valence-electron chi connectivity index (χ4n) is 9.20. The van der Waals surface area contributed by atoms with Gasteiger partial charge in [0.1, 0.15) is 0 Å². The van der Waals surface area contributed by atoms with Gasteiger partial charge in [-0.05, 0) is 59.7 Å². The molecular weight excluding hydrogens is 609 g/mol. The van der Waals surface area contributed by atoms with Crippen LogP contribution >= 0.6 is 0 Å². The molecule has 2 atom stereocenters. The molecule has 4 heteroatoms. The standard InChI is InChI=1S/C46H30N4/c1-2-30-32-13-5-8-16-36(32)48-44(29-21-19-27(26-47)20-22-29)46(30)50-38-18-10-7-15-34(38)42-40(50)25-35-33-14-6-9-17-37(33)49-39-24-23-28-11-3-4-12-31(28)41(39)43(42)45(35)49/h3-25,30,32H,2H2,1H3. The average molecular weight is 639 g/mol. The van der Waals surface area contributed by atoms with E-state index < -0.39 is 0 Å². The highest BCUT2D eigenvalue weighted by atomic mass is 15.0. The molecule has 4 heterocycles. The first-order valence-corrected chi connectivity index (χ1v) is 17.5. The topological polar surface area (TPSA) is 45.5 Å². The molecular formula is C46H30N4. The second kappa shape index (κ2) is 10.0. The number of hydrogen-bond donors (Lipinski definition) is 0. The first-order valence-electron chi connectivity index (χ1n) is 17.5. The van der Waals surface area contributed by atoms with Gasteiger partial charge in [-0.2, -0.15) is 5.26 Å². The Kier molecular flexibility index (Phi) is 5.52. The zero-order valence-electron chi connectivity index (χ0n) is 27.4. The second-order valence-electron chi connectivity index (χ2n) is 13.7. The molecule has 3 aromatic heterocycles. The average Bonchev–Trinajstić information content (AvgIpc) is 3.81. The Morgan fingerprint density at radius 2 is 1.42 bits per heavy atom. The Morgan fingerprint density at radius 3 is 2.24 bits per heavy atom. The number of allylic oxidation sites excluding steroid dienone is 5. The molecule has 4 nitrogen and oxygen atoms in total. The van der Waals surface area contributed by atoms with Gasteiger partial charge in [-0.25, -0.2) is 0 Å². The van der Waals surface area contributed by atoms with Crippen LogP contribution < -0.4 is 0 Å². The molecule has 2 unspecified atom stereocenters. The van der Waals surface area contributed by atoms with Crippen molar-refractivity contribution in [2.45, 2.75) is 13.3 Å². The maximum atomic E-state index is 9.63. The smallest absolute Gasteiger partial charge is 0.0991 e. The van der Waals surface area contributed by atoms with Crippen molar-refractivity contribution in [3.8, 4) is 6.07 Å². The quantitative estimate of drug-likeness (QED) is 0.190. The van der Waals surface area contributed by atoms with E-state index in [4.69, 9.17) is 4.99 Å². The zero-order chi connectivity index (χ0) is 33.1. The number of nitrogens with zero attached hydrogens (tertiary/aromatic N) is 4. The maximum Gasteiger partial charge on any atom is 0.0991 e. The Balaban J connectivity index is 1.40. The van der Waals surface area contributed by atoms with Gasteiger partial charge >= 0.3 is 0 Å². The molecule has 0 spiro atoms. The van der Waals surface area contributed by atoms with Crippen LogP contribution in [0.1, 0.15) is 24.5 Å². The third-order valence-electron chi connectivity index (χ3n) is 11.3.